The Hall–Kier alpha value is -2.25. The van der Waals surface area contributed by atoms with Crippen LogP contribution in [0.4, 0.5) is 5.82 Å². The Morgan fingerprint density at radius 1 is 1.16 bits per heavy atom. The number of hydrogen-bond donors (Lipinski definition) is 1. The van der Waals surface area contributed by atoms with Crippen molar-refractivity contribution in [2.45, 2.75) is 25.8 Å². The van der Waals surface area contributed by atoms with Crippen LogP contribution in [0.1, 0.15) is 24.8 Å². The lowest BCUT2D eigenvalue weighted by Crippen LogP contribution is -2.35. The summed E-state index contributed by atoms with van der Waals surface area (Å²) in [6.45, 7) is 0.971. The predicted octanol–water partition coefficient (Wildman–Crippen LogP) is 2.31. The number of anilines is 1. The molecule has 1 aromatic heterocycles. The Labute approximate surface area is 147 Å². The van der Waals surface area contributed by atoms with Crippen LogP contribution in [0.5, 0.6) is 0 Å². The van der Waals surface area contributed by atoms with Gasteiger partial charge in [0.05, 0.1) is 6.26 Å². The van der Waals surface area contributed by atoms with Gasteiger partial charge in [-0.15, -0.1) is 0 Å². The highest BCUT2D eigenvalue weighted by atomic mass is 32.2. The van der Waals surface area contributed by atoms with E-state index in [1.54, 1.807) is 11.1 Å². The number of nitrogens with zero attached hydrogens (tertiary/aromatic N) is 2. The Kier molecular flexibility index (Phi) is 5.15. The van der Waals surface area contributed by atoms with E-state index in [4.69, 9.17) is 0 Å². The number of rotatable bonds is 5. The molecular formula is C18H21N3O3S. The quantitative estimate of drug-likeness (QED) is 0.888. The van der Waals surface area contributed by atoms with E-state index < -0.39 is 10.0 Å². The maximum absolute atomic E-state index is 12.0. The number of sulfonamides is 1. The third-order valence-electron chi connectivity index (χ3n) is 4.15. The number of amides is 1. The molecule has 0 aliphatic carbocycles. The highest BCUT2D eigenvalue weighted by Crippen LogP contribution is 2.24. The van der Waals surface area contributed by atoms with Gasteiger partial charge in [-0.1, -0.05) is 18.2 Å². The fraction of sp³-hybridized carbons (Fsp3) is 0.333. The van der Waals surface area contributed by atoms with Crippen LogP contribution in [0.15, 0.2) is 42.6 Å². The van der Waals surface area contributed by atoms with Crippen LogP contribution in [0.3, 0.4) is 0 Å². The van der Waals surface area contributed by atoms with E-state index in [2.05, 4.69) is 9.71 Å². The number of piperidine rings is 1. The summed E-state index contributed by atoms with van der Waals surface area (Å²) in [6.07, 6.45) is 5.42. The first-order valence-corrected chi connectivity index (χ1v) is 10.1. The number of carbonyl (C=O) groups is 1. The van der Waals surface area contributed by atoms with E-state index in [-0.39, 0.29) is 12.5 Å². The number of nitrogens with one attached hydrogen (secondary N) is 1. The van der Waals surface area contributed by atoms with Crippen molar-refractivity contribution in [1.29, 1.82) is 0 Å². The minimum absolute atomic E-state index is 0.125. The molecule has 0 spiro atoms. The molecule has 7 heteroatoms. The van der Waals surface area contributed by atoms with E-state index in [9.17, 15) is 13.2 Å². The predicted molar refractivity (Wildman–Crippen MR) is 97.6 cm³/mol. The largest absolute Gasteiger partial charge is 0.297 e. The van der Waals surface area contributed by atoms with Gasteiger partial charge in [0.2, 0.25) is 15.9 Å². The molecule has 25 heavy (non-hydrogen) atoms. The smallest absolute Gasteiger partial charge is 0.228 e. The molecule has 1 aliphatic rings. The van der Waals surface area contributed by atoms with Gasteiger partial charge in [-0.05, 0) is 42.2 Å². The Morgan fingerprint density at radius 2 is 2.00 bits per heavy atom. The molecule has 2 aromatic rings. The van der Waals surface area contributed by atoms with Gasteiger partial charge in [-0.3, -0.25) is 9.69 Å². The first-order chi connectivity index (χ1) is 11.9. The third kappa shape index (κ3) is 4.64. The molecule has 1 fully saturated rings. The SMILES string of the molecule is CS(=O)(=O)NCc1cccc(-c2ccc(N3CCCCC3=O)nc2)c1. The van der Waals surface area contributed by atoms with E-state index in [0.717, 1.165) is 42.3 Å². The van der Waals surface area contributed by atoms with Crippen LogP contribution in [-0.4, -0.2) is 32.1 Å². The summed E-state index contributed by atoms with van der Waals surface area (Å²) < 4.78 is 24.9. The summed E-state index contributed by atoms with van der Waals surface area (Å²) in [6, 6.07) is 11.4. The number of hydrogen-bond acceptors (Lipinski definition) is 4. The molecule has 1 aliphatic heterocycles. The van der Waals surface area contributed by atoms with E-state index in [1.807, 2.05) is 36.4 Å². The molecule has 1 aromatic carbocycles. The van der Waals surface area contributed by atoms with Crippen LogP contribution >= 0.6 is 0 Å². The number of benzene rings is 1. The second-order valence-electron chi connectivity index (χ2n) is 6.20. The topological polar surface area (TPSA) is 79.4 Å². The van der Waals surface area contributed by atoms with Crippen molar-refractivity contribution in [3.8, 4) is 11.1 Å². The highest BCUT2D eigenvalue weighted by Gasteiger charge is 2.20. The molecule has 132 valence electrons. The molecule has 3 rings (SSSR count). The minimum Gasteiger partial charge on any atom is -0.297 e. The first-order valence-electron chi connectivity index (χ1n) is 8.23. The first kappa shape index (κ1) is 17.6. The molecule has 1 saturated heterocycles. The summed E-state index contributed by atoms with van der Waals surface area (Å²) in [5.74, 6) is 0.809. The zero-order valence-electron chi connectivity index (χ0n) is 14.1. The van der Waals surface area contributed by atoms with Crippen LogP contribution in [0.25, 0.3) is 11.1 Å². The second kappa shape index (κ2) is 7.33. The van der Waals surface area contributed by atoms with Crippen LogP contribution in [0, 0.1) is 0 Å². The molecule has 1 N–H and O–H groups in total. The van der Waals surface area contributed by atoms with Crippen molar-refractivity contribution >= 4 is 21.7 Å². The van der Waals surface area contributed by atoms with Crippen molar-refractivity contribution in [1.82, 2.24) is 9.71 Å². The summed E-state index contributed by atoms with van der Waals surface area (Å²) in [5, 5.41) is 0. The fourth-order valence-corrected chi connectivity index (χ4v) is 3.27. The average molecular weight is 359 g/mol. The summed E-state index contributed by atoms with van der Waals surface area (Å²) in [5.41, 5.74) is 2.75. The van der Waals surface area contributed by atoms with E-state index in [1.165, 1.54) is 0 Å². The summed E-state index contributed by atoms with van der Waals surface area (Å²) in [7, 11) is -3.22. The van der Waals surface area contributed by atoms with E-state index in [0.29, 0.717) is 12.2 Å². The summed E-state index contributed by atoms with van der Waals surface area (Å²) >= 11 is 0. The fourth-order valence-electron chi connectivity index (χ4n) is 2.84. The molecule has 0 atom stereocenters. The molecule has 0 saturated carbocycles. The molecule has 6 nitrogen and oxygen atoms in total. The molecule has 1 amide bonds. The monoisotopic (exact) mass is 359 g/mol. The van der Waals surface area contributed by atoms with Gasteiger partial charge in [-0.25, -0.2) is 18.1 Å². The Balaban J connectivity index is 1.77. The molecule has 2 heterocycles. The second-order valence-corrected chi connectivity index (χ2v) is 8.03. The zero-order chi connectivity index (χ0) is 17.9. The number of carbonyl (C=O) groups excluding carboxylic acids is 1. The maximum Gasteiger partial charge on any atom is 0.228 e. The molecule has 0 bridgehead atoms. The normalized spacial score (nSPS) is 15.4. The lowest BCUT2D eigenvalue weighted by molar-refractivity contribution is -0.119. The van der Waals surface area contributed by atoms with Gasteiger partial charge in [0.15, 0.2) is 0 Å². The molecular weight excluding hydrogens is 338 g/mol. The average Bonchev–Trinajstić information content (AvgIpc) is 2.60. The van der Waals surface area contributed by atoms with Gasteiger partial charge in [0.25, 0.3) is 0 Å². The lowest BCUT2D eigenvalue weighted by atomic mass is 10.0. The Morgan fingerprint density at radius 3 is 2.68 bits per heavy atom. The van der Waals surface area contributed by atoms with Crippen LogP contribution < -0.4 is 9.62 Å². The van der Waals surface area contributed by atoms with Crippen molar-refractivity contribution in [2.24, 2.45) is 0 Å². The van der Waals surface area contributed by atoms with E-state index >= 15 is 0 Å². The van der Waals surface area contributed by atoms with Gasteiger partial charge in [0.1, 0.15) is 5.82 Å². The third-order valence-corrected chi connectivity index (χ3v) is 4.82. The van der Waals surface area contributed by atoms with Crippen molar-refractivity contribution in [2.75, 3.05) is 17.7 Å². The van der Waals surface area contributed by atoms with Gasteiger partial charge >= 0.3 is 0 Å². The van der Waals surface area contributed by atoms with Crippen LogP contribution in [-0.2, 0) is 21.4 Å². The number of pyridine rings is 1. The minimum atomic E-state index is -3.22. The Bertz CT molecular complexity index is 863. The van der Waals surface area contributed by atoms with Crippen molar-refractivity contribution in [3.05, 3.63) is 48.2 Å². The van der Waals surface area contributed by atoms with Crippen molar-refractivity contribution < 1.29 is 13.2 Å². The van der Waals surface area contributed by atoms with Crippen LogP contribution in [0.2, 0.25) is 0 Å². The van der Waals surface area contributed by atoms with Crippen molar-refractivity contribution in [3.63, 3.8) is 0 Å². The molecule has 0 radical (unpaired) electrons. The standard InChI is InChI=1S/C18H21N3O3S/c1-25(23,24)20-12-14-5-4-6-15(11-14)16-8-9-17(19-13-16)21-10-3-2-7-18(21)22/h4-6,8-9,11,13,20H,2-3,7,10,12H2,1H3. The summed E-state index contributed by atoms with van der Waals surface area (Å²) in [4.78, 5) is 18.2. The highest BCUT2D eigenvalue weighted by molar-refractivity contribution is 7.88. The number of aromatic nitrogens is 1. The molecule has 0 unspecified atom stereocenters. The van der Waals surface area contributed by atoms with Gasteiger partial charge in [-0.2, -0.15) is 0 Å². The zero-order valence-corrected chi connectivity index (χ0v) is 14.9. The van der Waals surface area contributed by atoms with Gasteiger partial charge < -0.3 is 0 Å². The van der Waals surface area contributed by atoms with Gasteiger partial charge in [0, 0.05) is 31.3 Å². The maximum atomic E-state index is 12.0. The lowest BCUT2D eigenvalue weighted by Gasteiger charge is -2.25.